The second-order valence-electron chi connectivity index (χ2n) is 5.75. The standard InChI is InChI=1S/C16H13N3O7S/c1-27(24,25)12-5-9(4-11(7-12)19(22)23)16(21)17-10-2-3-14-13(6-10)18-15(20)8-26-14/h2-7H,8H2,1H3,(H,17,21)(H,18,20). The average Bonchev–Trinajstić information content (AvgIpc) is 2.60. The van der Waals surface area contributed by atoms with Gasteiger partial charge in [-0.1, -0.05) is 0 Å². The van der Waals surface area contributed by atoms with Crippen molar-refractivity contribution in [2.45, 2.75) is 4.90 Å². The Hall–Kier alpha value is -3.47. The van der Waals surface area contributed by atoms with Crippen molar-refractivity contribution >= 4 is 38.7 Å². The van der Waals surface area contributed by atoms with Gasteiger partial charge in [0.2, 0.25) is 0 Å². The summed E-state index contributed by atoms with van der Waals surface area (Å²) in [5.74, 6) is -0.656. The van der Waals surface area contributed by atoms with Gasteiger partial charge in [-0.25, -0.2) is 8.42 Å². The molecule has 11 heteroatoms. The summed E-state index contributed by atoms with van der Waals surface area (Å²) in [6.45, 7) is -0.110. The molecular weight excluding hydrogens is 378 g/mol. The van der Waals surface area contributed by atoms with Gasteiger partial charge in [0, 0.05) is 29.6 Å². The summed E-state index contributed by atoms with van der Waals surface area (Å²) in [6, 6.07) is 7.44. The number of anilines is 2. The third kappa shape index (κ3) is 4.03. The van der Waals surface area contributed by atoms with Gasteiger partial charge in [-0.15, -0.1) is 0 Å². The van der Waals surface area contributed by atoms with E-state index in [4.69, 9.17) is 4.74 Å². The van der Waals surface area contributed by atoms with Gasteiger partial charge in [-0.05, 0) is 24.3 Å². The van der Waals surface area contributed by atoms with Gasteiger partial charge in [0.25, 0.3) is 17.5 Å². The van der Waals surface area contributed by atoms with E-state index in [0.717, 1.165) is 24.5 Å². The highest BCUT2D eigenvalue weighted by atomic mass is 32.2. The number of nitro benzene ring substituents is 1. The number of hydrogen-bond donors (Lipinski definition) is 2. The normalized spacial score (nSPS) is 13.1. The highest BCUT2D eigenvalue weighted by Crippen LogP contribution is 2.31. The van der Waals surface area contributed by atoms with Crippen molar-refractivity contribution in [1.29, 1.82) is 0 Å². The Bertz CT molecular complexity index is 1080. The number of benzene rings is 2. The van der Waals surface area contributed by atoms with E-state index >= 15 is 0 Å². The van der Waals surface area contributed by atoms with Gasteiger partial charge in [0.1, 0.15) is 5.75 Å². The molecule has 0 spiro atoms. The molecule has 0 atom stereocenters. The van der Waals surface area contributed by atoms with Crippen molar-refractivity contribution in [2.75, 3.05) is 23.5 Å². The molecule has 0 bridgehead atoms. The predicted octanol–water partition coefficient (Wildman–Crippen LogP) is 1.58. The summed E-state index contributed by atoms with van der Waals surface area (Å²) in [7, 11) is -3.75. The maximum atomic E-state index is 12.5. The number of sulfone groups is 1. The second kappa shape index (κ2) is 6.68. The number of fused-ring (bicyclic) bond motifs is 1. The van der Waals surface area contributed by atoms with Crippen molar-refractivity contribution in [3.8, 4) is 5.75 Å². The maximum absolute atomic E-state index is 12.5. The molecule has 140 valence electrons. The fraction of sp³-hybridized carbons (Fsp3) is 0.125. The Balaban J connectivity index is 1.92. The summed E-state index contributed by atoms with van der Waals surface area (Å²) >= 11 is 0. The monoisotopic (exact) mass is 391 g/mol. The number of hydrogen-bond acceptors (Lipinski definition) is 7. The lowest BCUT2D eigenvalue weighted by atomic mass is 10.1. The number of nitrogens with one attached hydrogen (secondary N) is 2. The van der Waals surface area contributed by atoms with E-state index in [1.807, 2.05) is 0 Å². The van der Waals surface area contributed by atoms with Crippen LogP contribution in [0.25, 0.3) is 0 Å². The highest BCUT2D eigenvalue weighted by molar-refractivity contribution is 7.90. The zero-order valence-corrected chi connectivity index (χ0v) is 14.7. The Morgan fingerprint density at radius 1 is 1.26 bits per heavy atom. The Morgan fingerprint density at radius 2 is 2.00 bits per heavy atom. The topological polar surface area (TPSA) is 145 Å². The van der Waals surface area contributed by atoms with E-state index < -0.39 is 26.4 Å². The molecule has 2 amide bonds. The quantitative estimate of drug-likeness (QED) is 0.594. The first-order valence-electron chi connectivity index (χ1n) is 7.51. The van der Waals surface area contributed by atoms with Gasteiger partial charge >= 0.3 is 0 Å². The summed E-state index contributed by atoms with van der Waals surface area (Å²) in [5, 5.41) is 16.1. The van der Waals surface area contributed by atoms with Gasteiger partial charge in [-0.2, -0.15) is 0 Å². The number of carbonyl (C=O) groups excluding carboxylic acids is 2. The third-order valence-corrected chi connectivity index (χ3v) is 4.75. The minimum atomic E-state index is -3.75. The number of carbonyl (C=O) groups is 2. The minimum Gasteiger partial charge on any atom is -0.482 e. The van der Waals surface area contributed by atoms with Gasteiger partial charge < -0.3 is 15.4 Å². The van der Waals surface area contributed by atoms with Gasteiger partial charge in [0.15, 0.2) is 16.4 Å². The van der Waals surface area contributed by atoms with Crippen molar-refractivity contribution in [3.05, 3.63) is 52.1 Å². The summed E-state index contributed by atoms with van der Waals surface area (Å²) in [6.07, 6.45) is 0.889. The number of non-ortho nitro benzene ring substituents is 1. The van der Waals surface area contributed by atoms with Crippen molar-refractivity contribution in [2.24, 2.45) is 0 Å². The molecule has 0 fully saturated rings. The average molecular weight is 391 g/mol. The van der Waals surface area contributed by atoms with Crippen LogP contribution in [0.15, 0.2) is 41.3 Å². The van der Waals surface area contributed by atoms with Gasteiger partial charge in [0.05, 0.1) is 15.5 Å². The highest BCUT2D eigenvalue weighted by Gasteiger charge is 2.20. The summed E-state index contributed by atoms with van der Waals surface area (Å²) < 4.78 is 28.7. The Kier molecular flexibility index (Phi) is 4.54. The fourth-order valence-electron chi connectivity index (χ4n) is 2.40. The van der Waals surface area contributed by atoms with Crippen molar-refractivity contribution in [3.63, 3.8) is 0 Å². The van der Waals surface area contributed by atoms with E-state index in [2.05, 4.69) is 10.6 Å². The van der Waals surface area contributed by atoms with Crippen molar-refractivity contribution in [1.82, 2.24) is 0 Å². The van der Waals surface area contributed by atoms with E-state index in [1.165, 1.54) is 12.1 Å². The van der Waals surface area contributed by atoms with Crippen LogP contribution in [0.3, 0.4) is 0 Å². The molecule has 2 aromatic rings. The van der Waals surface area contributed by atoms with Crippen LogP contribution in [-0.2, 0) is 14.6 Å². The molecule has 27 heavy (non-hydrogen) atoms. The molecule has 1 aliphatic heterocycles. The molecule has 1 aliphatic rings. The molecule has 0 aromatic heterocycles. The van der Waals surface area contributed by atoms with E-state index in [0.29, 0.717) is 11.4 Å². The van der Waals surface area contributed by atoms with Crippen LogP contribution < -0.4 is 15.4 Å². The Labute approximate surface area is 153 Å². The number of rotatable bonds is 4. The number of nitro groups is 1. The van der Waals surface area contributed by atoms with Crippen LogP contribution >= 0.6 is 0 Å². The summed E-state index contributed by atoms with van der Waals surface area (Å²) in [4.78, 5) is 33.7. The molecule has 1 heterocycles. The number of amides is 2. The SMILES string of the molecule is CS(=O)(=O)c1cc(C(=O)Nc2ccc3c(c2)NC(=O)CO3)cc([N+](=O)[O-])c1. The minimum absolute atomic E-state index is 0.110. The zero-order valence-electron chi connectivity index (χ0n) is 13.9. The predicted molar refractivity (Wildman–Crippen MR) is 94.7 cm³/mol. The van der Waals surface area contributed by atoms with Crippen molar-refractivity contribution < 1.29 is 27.7 Å². The van der Waals surface area contributed by atoms with Crippen LogP contribution in [0.4, 0.5) is 17.1 Å². The van der Waals surface area contributed by atoms with Crippen LogP contribution in [0.5, 0.6) is 5.75 Å². The van der Waals surface area contributed by atoms with E-state index in [-0.39, 0.29) is 28.7 Å². The second-order valence-corrected chi connectivity index (χ2v) is 7.76. The summed E-state index contributed by atoms with van der Waals surface area (Å²) in [5.41, 5.74) is -0.0614. The molecule has 2 aromatic carbocycles. The largest absolute Gasteiger partial charge is 0.482 e. The maximum Gasteiger partial charge on any atom is 0.271 e. The van der Waals surface area contributed by atoms with Crippen LogP contribution in [0.1, 0.15) is 10.4 Å². The Morgan fingerprint density at radius 3 is 2.67 bits per heavy atom. The molecule has 0 unspecified atom stereocenters. The van der Waals surface area contributed by atoms with E-state index in [1.54, 1.807) is 6.07 Å². The molecule has 0 aliphatic carbocycles. The number of nitrogens with zero attached hydrogens (tertiary/aromatic N) is 1. The van der Waals surface area contributed by atoms with Crippen LogP contribution in [-0.4, -0.2) is 38.0 Å². The smallest absolute Gasteiger partial charge is 0.271 e. The first kappa shape index (κ1) is 18.3. The molecule has 0 radical (unpaired) electrons. The first-order valence-corrected chi connectivity index (χ1v) is 9.40. The lowest BCUT2D eigenvalue weighted by Crippen LogP contribution is -2.25. The zero-order chi connectivity index (χ0) is 19.8. The molecule has 3 rings (SSSR count). The third-order valence-electron chi connectivity index (χ3n) is 3.66. The molecule has 0 saturated heterocycles. The lowest BCUT2D eigenvalue weighted by Gasteiger charge is -2.18. The fourth-order valence-corrected chi connectivity index (χ4v) is 3.07. The molecule has 0 saturated carbocycles. The molecule has 2 N–H and O–H groups in total. The molecular formula is C16H13N3O7S. The van der Waals surface area contributed by atoms with E-state index in [9.17, 15) is 28.1 Å². The molecule has 10 nitrogen and oxygen atoms in total. The first-order chi connectivity index (χ1) is 12.6. The number of ether oxygens (including phenoxy) is 1. The lowest BCUT2D eigenvalue weighted by molar-refractivity contribution is -0.385. The van der Waals surface area contributed by atoms with Gasteiger partial charge in [-0.3, -0.25) is 19.7 Å². The van der Waals surface area contributed by atoms with Crippen LogP contribution in [0.2, 0.25) is 0 Å². The van der Waals surface area contributed by atoms with Crippen LogP contribution in [0, 0.1) is 10.1 Å².